The Bertz CT molecular complexity index is 725. The molecule has 0 saturated heterocycles. The Morgan fingerprint density at radius 2 is 2.27 bits per heavy atom. The fraction of sp³-hybridized carbons (Fsp3) is 0.267. The minimum atomic E-state index is -0.330. The predicted octanol–water partition coefficient (Wildman–Crippen LogP) is 2.52. The summed E-state index contributed by atoms with van der Waals surface area (Å²) in [6.07, 6.45) is 3.64. The van der Waals surface area contributed by atoms with E-state index >= 15 is 0 Å². The van der Waals surface area contributed by atoms with E-state index in [4.69, 9.17) is 4.74 Å². The van der Waals surface area contributed by atoms with Crippen LogP contribution in [0.4, 0.5) is 4.39 Å². The highest BCUT2D eigenvalue weighted by atomic mass is 19.1. The summed E-state index contributed by atoms with van der Waals surface area (Å²) in [4.78, 5) is 4.40. The highest BCUT2D eigenvalue weighted by Crippen LogP contribution is 2.15. The fourth-order valence-corrected chi connectivity index (χ4v) is 2.07. The zero-order valence-electron chi connectivity index (χ0n) is 12.1. The number of ether oxygens (including phenoxy) is 1. The summed E-state index contributed by atoms with van der Waals surface area (Å²) in [5.74, 6) is 1.56. The lowest BCUT2D eigenvalue weighted by Crippen LogP contribution is -2.08. The van der Waals surface area contributed by atoms with Crippen molar-refractivity contribution in [3.8, 4) is 5.75 Å². The van der Waals surface area contributed by atoms with Crippen molar-refractivity contribution in [2.24, 2.45) is 0 Å². The first kappa shape index (κ1) is 14.2. The van der Waals surface area contributed by atoms with Crippen LogP contribution in [0.3, 0.4) is 0 Å². The van der Waals surface area contributed by atoms with E-state index in [0.717, 1.165) is 0 Å². The topological polar surface area (TPSA) is 68.6 Å². The molecule has 1 aromatic carbocycles. The molecule has 0 spiro atoms. The molecule has 1 N–H and O–H groups in total. The van der Waals surface area contributed by atoms with Crippen LogP contribution in [0.25, 0.3) is 0 Å². The summed E-state index contributed by atoms with van der Waals surface area (Å²) in [5.41, 5.74) is 0. The summed E-state index contributed by atoms with van der Waals surface area (Å²) >= 11 is 0. The van der Waals surface area contributed by atoms with E-state index in [9.17, 15) is 4.39 Å². The maximum absolute atomic E-state index is 13.1. The number of hydrogen-bond acceptors (Lipinski definition) is 4. The molecule has 0 bridgehead atoms. The Kier molecular flexibility index (Phi) is 4.13. The summed E-state index contributed by atoms with van der Waals surface area (Å²) < 4.78 is 20.4. The Morgan fingerprint density at radius 3 is 3.05 bits per heavy atom. The van der Waals surface area contributed by atoms with Crippen LogP contribution in [0.15, 0.2) is 42.7 Å². The number of rotatable bonds is 6. The van der Waals surface area contributed by atoms with Crippen molar-refractivity contribution in [3.63, 3.8) is 0 Å². The van der Waals surface area contributed by atoms with Gasteiger partial charge in [-0.1, -0.05) is 13.0 Å². The third-order valence-electron chi connectivity index (χ3n) is 3.18. The molecule has 2 heterocycles. The third kappa shape index (κ3) is 3.49. The molecule has 7 heteroatoms. The molecule has 0 amide bonds. The maximum Gasteiger partial charge on any atom is 0.162 e. The monoisotopic (exact) mass is 301 g/mol. The number of aromatic nitrogens is 5. The predicted molar refractivity (Wildman–Crippen MR) is 77.8 cm³/mol. The van der Waals surface area contributed by atoms with Crippen LogP contribution in [0.5, 0.6) is 5.75 Å². The largest absolute Gasteiger partial charge is 0.486 e. The normalized spacial score (nSPS) is 12.3. The number of nitrogens with one attached hydrogen (secondary N) is 1. The minimum absolute atomic E-state index is 0.124. The van der Waals surface area contributed by atoms with E-state index in [2.05, 4.69) is 20.3 Å². The first-order valence-corrected chi connectivity index (χ1v) is 6.97. The van der Waals surface area contributed by atoms with Crippen molar-refractivity contribution in [2.45, 2.75) is 26.0 Å². The second kappa shape index (κ2) is 6.38. The van der Waals surface area contributed by atoms with Crippen molar-refractivity contribution in [1.82, 2.24) is 25.0 Å². The molecule has 1 atom stereocenters. The average molecular weight is 301 g/mol. The number of H-pyrrole nitrogens is 1. The average Bonchev–Trinajstić information content (AvgIpc) is 3.16. The van der Waals surface area contributed by atoms with Crippen molar-refractivity contribution >= 4 is 0 Å². The van der Waals surface area contributed by atoms with Crippen molar-refractivity contribution in [3.05, 3.63) is 60.2 Å². The standard InChI is InChI=1S/C15H16FN5O/c1-11(9-21-7-3-6-17-21)15-18-14(19-20-15)10-22-13-5-2-4-12(16)8-13/h2-8,11H,9-10H2,1H3,(H,18,19,20). The molecule has 22 heavy (non-hydrogen) atoms. The molecule has 0 aliphatic heterocycles. The van der Waals surface area contributed by atoms with Gasteiger partial charge in [0.05, 0.1) is 6.54 Å². The van der Waals surface area contributed by atoms with E-state index in [1.807, 2.05) is 23.9 Å². The minimum Gasteiger partial charge on any atom is -0.486 e. The van der Waals surface area contributed by atoms with Crippen LogP contribution in [-0.2, 0) is 13.2 Å². The quantitative estimate of drug-likeness (QED) is 0.759. The Morgan fingerprint density at radius 1 is 1.36 bits per heavy atom. The summed E-state index contributed by atoms with van der Waals surface area (Å²) in [7, 11) is 0. The number of aromatic amines is 1. The van der Waals surface area contributed by atoms with Gasteiger partial charge in [-0.05, 0) is 18.2 Å². The number of benzene rings is 1. The van der Waals surface area contributed by atoms with E-state index in [1.54, 1.807) is 18.3 Å². The Hall–Kier alpha value is -2.70. The summed E-state index contributed by atoms with van der Waals surface area (Å²) in [6, 6.07) is 7.88. The smallest absolute Gasteiger partial charge is 0.162 e. The molecule has 0 saturated carbocycles. The molecule has 0 fully saturated rings. The van der Waals surface area contributed by atoms with Gasteiger partial charge in [0, 0.05) is 24.4 Å². The van der Waals surface area contributed by atoms with Crippen LogP contribution in [0.1, 0.15) is 24.5 Å². The number of hydrogen-bond donors (Lipinski definition) is 1. The van der Waals surface area contributed by atoms with Gasteiger partial charge in [-0.3, -0.25) is 9.78 Å². The SMILES string of the molecule is CC(Cn1cccn1)c1n[nH]c(COc2cccc(F)c2)n1. The molecule has 1 unspecified atom stereocenters. The molecule has 0 radical (unpaired) electrons. The van der Waals surface area contributed by atoms with Crippen LogP contribution >= 0.6 is 0 Å². The zero-order valence-corrected chi connectivity index (χ0v) is 12.1. The molecule has 2 aromatic heterocycles. The van der Waals surface area contributed by atoms with Crippen LogP contribution in [0.2, 0.25) is 0 Å². The fourth-order valence-electron chi connectivity index (χ4n) is 2.07. The van der Waals surface area contributed by atoms with E-state index in [-0.39, 0.29) is 18.3 Å². The van der Waals surface area contributed by atoms with Gasteiger partial charge in [0.1, 0.15) is 18.2 Å². The number of halogens is 1. The lowest BCUT2D eigenvalue weighted by Gasteiger charge is -2.06. The molecule has 3 rings (SSSR count). The highest BCUT2D eigenvalue weighted by Gasteiger charge is 2.13. The second-order valence-corrected chi connectivity index (χ2v) is 5.02. The van der Waals surface area contributed by atoms with Gasteiger partial charge >= 0.3 is 0 Å². The van der Waals surface area contributed by atoms with Crippen LogP contribution in [-0.4, -0.2) is 25.0 Å². The Balaban J connectivity index is 1.59. The van der Waals surface area contributed by atoms with Gasteiger partial charge in [-0.15, -0.1) is 0 Å². The van der Waals surface area contributed by atoms with Crippen LogP contribution in [0, 0.1) is 5.82 Å². The summed E-state index contributed by atoms with van der Waals surface area (Å²) in [5, 5.41) is 11.2. The zero-order chi connectivity index (χ0) is 15.4. The van der Waals surface area contributed by atoms with Gasteiger partial charge in [-0.25, -0.2) is 9.37 Å². The van der Waals surface area contributed by atoms with Crippen molar-refractivity contribution in [1.29, 1.82) is 0 Å². The maximum atomic E-state index is 13.1. The molecule has 0 aliphatic rings. The molecule has 6 nitrogen and oxygen atoms in total. The van der Waals surface area contributed by atoms with Gasteiger partial charge < -0.3 is 4.74 Å². The molecule has 3 aromatic rings. The molecular weight excluding hydrogens is 285 g/mol. The summed E-state index contributed by atoms with van der Waals surface area (Å²) in [6.45, 7) is 2.95. The second-order valence-electron chi connectivity index (χ2n) is 5.02. The first-order chi connectivity index (χ1) is 10.7. The van der Waals surface area contributed by atoms with Crippen molar-refractivity contribution < 1.29 is 9.13 Å². The molecule has 0 aliphatic carbocycles. The highest BCUT2D eigenvalue weighted by molar-refractivity contribution is 5.22. The van der Waals surface area contributed by atoms with E-state index < -0.39 is 0 Å². The van der Waals surface area contributed by atoms with Gasteiger partial charge in [0.25, 0.3) is 0 Å². The number of nitrogens with zero attached hydrogens (tertiary/aromatic N) is 4. The van der Waals surface area contributed by atoms with Gasteiger partial charge in [0.15, 0.2) is 11.6 Å². The van der Waals surface area contributed by atoms with Crippen LogP contribution < -0.4 is 4.74 Å². The van der Waals surface area contributed by atoms with E-state index in [1.165, 1.54) is 12.1 Å². The van der Waals surface area contributed by atoms with Gasteiger partial charge in [0.2, 0.25) is 0 Å². The van der Waals surface area contributed by atoms with E-state index in [0.29, 0.717) is 23.9 Å². The lowest BCUT2D eigenvalue weighted by molar-refractivity contribution is 0.294. The molecular formula is C15H16FN5O. The lowest BCUT2D eigenvalue weighted by atomic mass is 10.2. The third-order valence-corrected chi connectivity index (χ3v) is 3.18. The van der Waals surface area contributed by atoms with Crippen molar-refractivity contribution in [2.75, 3.05) is 0 Å². The Labute approximate surface area is 127 Å². The van der Waals surface area contributed by atoms with Gasteiger partial charge in [-0.2, -0.15) is 10.2 Å². The molecule has 114 valence electrons. The first-order valence-electron chi connectivity index (χ1n) is 6.97.